The maximum Gasteiger partial charge on any atom is 0.235 e. The van der Waals surface area contributed by atoms with Crippen molar-refractivity contribution in [3.63, 3.8) is 0 Å². The number of carbonyl (C=O) groups excluding carboxylic acids is 1. The molecule has 0 bridgehead atoms. The number of aromatic nitrogens is 2. The zero-order chi connectivity index (χ0) is 16.4. The number of benzene rings is 1. The zero-order valence-corrected chi connectivity index (χ0v) is 14.4. The third kappa shape index (κ3) is 3.37. The molecular formula is C17H21N3O2S. The molecule has 0 radical (unpaired) electrons. The highest BCUT2D eigenvalue weighted by Gasteiger charge is 2.28. The Labute approximate surface area is 140 Å². The van der Waals surface area contributed by atoms with E-state index in [4.69, 9.17) is 4.74 Å². The predicted octanol–water partition coefficient (Wildman–Crippen LogP) is 3.65. The molecule has 1 aliphatic heterocycles. The van der Waals surface area contributed by atoms with Gasteiger partial charge in [-0.3, -0.25) is 9.36 Å². The normalized spacial score (nSPS) is 17.6. The van der Waals surface area contributed by atoms with Crippen LogP contribution in [0.15, 0.2) is 30.6 Å². The molecule has 3 rings (SSSR count). The second-order valence-electron chi connectivity index (χ2n) is 6.02. The standard InChI is InChI=1S/C17H21N3O2S/c1-11(2)8-14-16-17(19-15(21)9-23-14)18-10-20(16)12-4-6-13(22-3)7-5-12/h4-7,10-11,14H,8-9H2,1-3H3,(H,19,21)/t14-/m1/s1. The molecule has 0 fully saturated rings. The Hall–Kier alpha value is -1.95. The number of carbonyl (C=O) groups is 1. The van der Waals surface area contributed by atoms with Crippen molar-refractivity contribution in [2.75, 3.05) is 18.2 Å². The van der Waals surface area contributed by atoms with E-state index in [1.165, 1.54) is 0 Å². The number of hydrogen-bond acceptors (Lipinski definition) is 4. The number of ether oxygens (including phenoxy) is 1. The Morgan fingerprint density at radius 2 is 2.13 bits per heavy atom. The molecule has 1 aromatic carbocycles. The first kappa shape index (κ1) is 15.9. The van der Waals surface area contributed by atoms with Gasteiger partial charge in [0, 0.05) is 10.9 Å². The molecule has 0 unspecified atom stereocenters. The lowest BCUT2D eigenvalue weighted by Crippen LogP contribution is -2.12. The number of amides is 1. The lowest BCUT2D eigenvalue weighted by atomic mass is 10.1. The van der Waals surface area contributed by atoms with E-state index in [0.717, 1.165) is 23.6 Å². The van der Waals surface area contributed by atoms with Gasteiger partial charge in [0.15, 0.2) is 5.82 Å². The summed E-state index contributed by atoms with van der Waals surface area (Å²) in [6, 6.07) is 7.87. The number of anilines is 1. The van der Waals surface area contributed by atoms with Gasteiger partial charge in [0.2, 0.25) is 5.91 Å². The van der Waals surface area contributed by atoms with Crippen molar-refractivity contribution in [3.05, 3.63) is 36.3 Å². The maximum absolute atomic E-state index is 11.9. The molecule has 2 aromatic rings. The highest BCUT2D eigenvalue weighted by Crippen LogP contribution is 2.41. The Balaban J connectivity index is 2.03. The number of thioether (sulfide) groups is 1. The number of hydrogen-bond donors (Lipinski definition) is 1. The number of nitrogens with zero attached hydrogens (tertiary/aromatic N) is 2. The van der Waals surface area contributed by atoms with Crippen LogP contribution in [0.4, 0.5) is 5.82 Å². The molecule has 1 N–H and O–H groups in total. The summed E-state index contributed by atoms with van der Waals surface area (Å²) in [5.74, 6) is 2.54. The first-order valence-corrected chi connectivity index (χ1v) is 8.76. The third-order valence-corrected chi connectivity index (χ3v) is 5.07. The van der Waals surface area contributed by atoms with Crippen LogP contribution in [0.25, 0.3) is 5.69 Å². The fourth-order valence-corrected chi connectivity index (χ4v) is 4.07. The Morgan fingerprint density at radius 3 is 2.78 bits per heavy atom. The molecule has 2 heterocycles. The van der Waals surface area contributed by atoms with E-state index in [1.807, 2.05) is 24.3 Å². The lowest BCUT2D eigenvalue weighted by molar-refractivity contribution is -0.113. The van der Waals surface area contributed by atoms with Crippen molar-refractivity contribution in [3.8, 4) is 11.4 Å². The van der Waals surface area contributed by atoms with Crippen molar-refractivity contribution in [1.82, 2.24) is 9.55 Å². The summed E-state index contributed by atoms with van der Waals surface area (Å²) in [6.07, 6.45) is 2.79. The maximum atomic E-state index is 11.9. The number of fused-ring (bicyclic) bond motifs is 1. The van der Waals surface area contributed by atoms with Crippen LogP contribution in [0.3, 0.4) is 0 Å². The smallest absolute Gasteiger partial charge is 0.235 e. The predicted molar refractivity (Wildman–Crippen MR) is 93.4 cm³/mol. The van der Waals surface area contributed by atoms with E-state index in [2.05, 4.69) is 28.7 Å². The van der Waals surface area contributed by atoms with Crippen molar-refractivity contribution in [2.45, 2.75) is 25.5 Å². The molecule has 1 aliphatic rings. The number of methoxy groups -OCH3 is 1. The number of nitrogens with one attached hydrogen (secondary N) is 1. The molecule has 0 saturated heterocycles. The monoisotopic (exact) mass is 331 g/mol. The van der Waals surface area contributed by atoms with E-state index in [1.54, 1.807) is 25.2 Å². The average Bonchev–Trinajstić information content (AvgIpc) is 2.88. The minimum atomic E-state index is 0.0162. The van der Waals surface area contributed by atoms with Crippen LogP contribution in [0.1, 0.15) is 31.2 Å². The summed E-state index contributed by atoms with van der Waals surface area (Å²) >= 11 is 1.69. The second-order valence-corrected chi connectivity index (χ2v) is 7.21. The van der Waals surface area contributed by atoms with E-state index in [0.29, 0.717) is 17.5 Å². The molecular weight excluding hydrogens is 310 g/mol. The summed E-state index contributed by atoms with van der Waals surface area (Å²) in [7, 11) is 1.66. The van der Waals surface area contributed by atoms with Gasteiger partial charge in [0.1, 0.15) is 12.1 Å². The van der Waals surface area contributed by atoms with Crippen LogP contribution in [0.5, 0.6) is 5.75 Å². The van der Waals surface area contributed by atoms with Crippen molar-refractivity contribution in [2.24, 2.45) is 5.92 Å². The lowest BCUT2D eigenvalue weighted by Gasteiger charge is -2.19. The summed E-state index contributed by atoms with van der Waals surface area (Å²) in [4.78, 5) is 16.3. The molecule has 0 saturated carbocycles. The van der Waals surface area contributed by atoms with Gasteiger partial charge in [0.05, 0.1) is 18.6 Å². The average molecular weight is 331 g/mol. The highest BCUT2D eigenvalue weighted by atomic mass is 32.2. The van der Waals surface area contributed by atoms with E-state index in [9.17, 15) is 4.79 Å². The summed E-state index contributed by atoms with van der Waals surface area (Å²) in [5.41, 5.74) is 2.09. The van der Waals surface area contributed by atoms with Gasteiger partial charge in [-0.05, 0) is 36.6 Å². The first-order valence-electron chi connectivity index (χ1n) is 7.71. The third-order valence-electron chi connectivity index (χ3n) is 3.82. The second kappa shape index (κ2) is 6.66. The minimum Gasteiger partial charge on any atom is -0.497 e. The van der Waals surface area contributed by atoms with Crippen LogP contribution in [0.2, 0.25) is 0 Å². The summed E-state index contributed by atoms with van der Waals surface area (Å²) < 4.78 is 7.29. The zero-order valence-electron chi connectivity index (χ0n) is 13.6. The molecule has 6 heteroatoms. The molecule has 1 amide bonds. The number of imidazole rings is 1. The van der Waals surface area contributed by atoms with E-state index < -0.39 is 0 Å². The van der Waals surface area contributed by atoms with Crippen LogP contribution in [0, 0.1) is 5.92 Å². The molecule has 0 aliphatic carbocycles. The van der Waals surface area contributed by atoms with E-state index in [-0.39, 0.29) is 11.2 Å². The molecule has 1 aromatic heterocycles. The minimum absolute atomic E-state index is 0.0162. The molecule has 0 spiro atoms. The van der Waals surface area contributed by atoms with Gasteiger partial charge in [-0.25, -0.2) is 4.98 Å². The van der Waals surface area contributed by atoms with Gasteiger partial charge in [0.25, 0.3) is 0 Å². The molecule has 5 nitrogen and oxygen atoms in total. The van der Waals surface area contributed by atoms with Crippen molar-refractivity contribution < 1.29 is 9.53 Å². The fourth-order valence-electron chi connectivity index (χ4n) is 2.74. The summed E-state index contributed by atoms with van der Waals surface area (Å²) in [5, 5.41) is 3.17. The Morgan fingerprint density at radius 1 is 1.39 bits per heavy atom. The van der Waals surface area contributed by atoms with Crippen LogP contribution in [-0.2, 0) is 4.79 Å². The highest BCUT2D eigenvalue weighted by molar-refractivity contribution is 8.00. The van der Waals surface area contributed by atoms with Gasteiger partial charge >= 0.3 is 0 Å². The largest absolute Gasteiger partial charge is 0.497 e. The van der Waals surface area contributed by atoms with Crippen LogP contribution >= 0.6 is 11.8 Å². The van der Waals surface area contributed by atoms with Crippen molar-refractivity contribution in [1.29, 1.82) is 0 Å². The first-order chi connectivity index (χ1) is 11.1. The van der Waals surface area contributed by atoms with Crippen LogP contribution < -0.4 is 10.1 Å². The quantitative estimate of drug-likeness (QED) is 0.929. The van der Waals surface area contributed by atoms with Gasteiger partial charge < -0.3 is 10.1 Å². The Kier molecular flexibility index (Phi) is 4.61. The van der Waals surface area contributed by atoms with Gasteiger partial charge in [-0.1, -0.05) is 13.8 Å². The molecule has 1 atom stereocenters. The molecule has 23 heavy (non-hydrogen) atoms. The molecule has 122 valence electrons. The van der Waals surface area contributed by atoms with Crippen LogP contribution in [-0.4, -0.2) is 28.3 Å². The Bertz CT molecular complexity index is 694. The topological polar surface area (TPSA) is 56.2 Å². The SMILES string of the molecule is COc1ccc(-n2cnc3c2[C@@H](CC(C)C)SCC(=O)N3)cc1. The fraction of sp³-hybridized carbons (Fsp3) is 0.412. The summed E-state index contributed by atoms with van der Waals surface area (Å²) in [6.45, 7) is 4.41. The van der Waals surface area contributed by atoms with E-state index >= 15 is 0 Å². The van der Waals surface area contributed by atoms with Gasteiger partial charge in [-0.15, -0.1) is 11.8 Å². The van der Waals surface area contributed by atoms with Gasteiger partial charge in [-0.2, -0.15) is 0 Å². The van der Waals surface area contributed by atoms with Crippen molar-refractivity contribution >= 4 is 23.5 Å². The number of rotatable bonds is 4.